The second-order valence-electron chi connectivity index (χ2n) is 29.2. The first-order chi connectivity index (χ1) is 52.8. The molecule has 0 saturated carbocycles. The molecule has 0 spiro atoms. The van der Waals surface area contributed by atoms with Gasteiger partial charge < -0.3 is 19.6 Å². The average molecular weight is 1360 g/mol. The molecule has 0 heterocycles. The van der Waals surface area contributed by atoms with Crippen LogP contribution < -0.4 is 19.6 Å². The van der Waals surface area contributed by atoms with Crippen LogP contribution in [0.2, 0.25) is 0 Å². The minimum atomic E-state index is -0.501. The Balaban J connectivity index is 0.925. The zero-order valence-corrected chi connectivity index (χ0v) is 59.2. The molecule has 1 aliphatic carbocycles. The highest BCUT2D eigenvalue weighted by Crippen LogP contribution is 2.59. The van der Waals surface area contributed by atoms with E-state index in [2.05, 4.69) is 422 Å². The minimum Gasteiger partial charge on any atom is -0.310 e. The third-order valence-electron chi connectivity index (χ3n) is 22.8. The van der Waals surface area contributed by atoms with Gasteiger partial charge in [0, 0.05) is 82.6 Å². The fraction of sp³-hybridized carbons (Fsp3) is 0.0291. The average Bonchev–Trinajstić information content (AvgIpc) is 1.67. The predicted octanol–water partition coefficient (Wildman–Crippen LogP) is 29.4. The summed E-state index contributed by atoms with van der Waals surface area (Å²) in [4.78, 5) is 10.2. The van der Waals surface area contributed by atoms with Crippen LogP contribution in [0.3, 0.4) is 0 Å². The van der Waals surface area contributed by atoms with Crippen molar-refractivity contribution < 1.29 is 0 Å². The molecule has 0 aromatic heterocycles. The summed E-state index contributed by atoms with van der Waals surface area (Å²) in [6.07, 6.45) is 0. The first-order valence-corrected chi connectivity index (χ1v) is 37.1. The third-order valence-corrected chi connectivity index (χ3v) is 22.8. The normalized spacial score (nSPS) is 12.5. The minimum absolute atomic E-state index is 0.501. The van der Waals surface area contributed by atoms with Crippen LogP contribution in [0.4, 0.5) is 68.2 Å². The van der Waals surface area contributed by atoms with E-state index in [9.17, 15) is 0 Å². The Bertz CT molecular complexity index is 7030. The van der Waals surface area contributed by atoms with Gasteiger partial charge in [0.1, 0.15) is 0 Å². The van der Waals surface area contributed by atoms with Crippen molar-refractivity contribution in [2.75, 3.05) is 19.6 Å². The second kappa shape index (κ2) is 24.7. The van der Waals surface area contributed by atoms with Gasteiger partial charge in [0.15, 0.2) is 0 Å². The number of rotatable bonds is 12. The molecular weight excluding hydrogens is 1290 g/mol. The van der Waals surface area contributed by atoms with E-state index >= 15 is 0 Å². The van der Waals surface area contributed by atoms with Crippen LogP contribution in [0.15, 0.2) is 388 Å². The number of hydrogen-bond donors (Lipinski definition) is 0. The maximum absolute atomic E-state index is 2.62. The summed E-state index contributed by atoms with van der Waals surface area (Å²) in [7, 11) is 0. The largest absolute Gasteiger partial charge is 0.310 e. The Labute approximate surface area is 621 Å². The van der Waals surface area contributed by atoms with Crippen molar-refractivity contribution in [2.45, 2.75) is 19.3 Å². The monoisotopic (exact) mass is 1360 g/mol. The number of nitrogens with zero attached hydrogens (tertiary/aromatic N) is 4. The molecule has 20 aromatic carbocycles. The van der Waals surface area contributed by atoms with E-state index in [0.717, 1.165) is 127 Å². The highest BCUT2D eigenvalue weighted by atomic mass is 15.2. The van der Waals surface area contributed by atoms with Crippen LogP contribution in [-0.4, -0.2) is 0 Å². The van der Waals surface area contributed by atoms with E-state index in [0.29, 0.717) is 0 Å². The lowest BCUT2D eigenvalue weighted by atomic mass is 9.81. The molecule has 0 fully saturated rings. The Hall–Kier alpha value is -13.8. The molecule has 0 bridgehead atoms. The molecule has 0 N–H and O–H groups in total. The number of hydrogen-bond acceptors (Lipinski definition) is 4. The van der Waals surface area contributed by atoms with Gasteiger partial charge in [-0.15, -0.1) is 0 Å². The van der Waals surface area contributed by atoms with Gasteiger partial charge in [0.05, 0.1) is 34.1 Å². The van der Waals surface area contributed by atoms with Crippen molar-refractivity contribution in [3.05, 3.63) is 399 Å². The number of fused-ring (bicyclic) bond motifs is 13. The molecule has 4 nitrogen and oxygen atoms in total. The van der Waals surface area contributed by atoms with Gasteiger partial charge in [-0.2, -0.15) is 0 Å². The van der Waals surface area contributed by atoms with E-state index in [4.69, 9.17) is 0 Å². The van der Waals surface area contributed by atoms with Crippen LogP contribution in [0, 0.1) is 0 Å². The molecule has 0 radical (unpaired) electrons. The molecule has 0 amide bonds. The first kappa shape index (κ1) is 61.8. The molecule has 502 valence electrons. The molecule has 20 aromatic rings. The van der Waals surface area contributed by atoms with Gasteiger partial charge in [0.25, 0.3) is 0 Å². The van der Waals surface area contributed by atoms with Crippen LogP contribution in [0.25, 0.3) is 119 Å². The summed E-state index contributed by atoms with van der Waals surface area (Å²) in [6.45, 7) is 4.91. The van der Waals surface area contributed by atoms with Gasteiger partial charge >= 0.3 is 0 Å². The van der Waals surface area contributed by atoms with Gasteiger partial charge in [-0.3, -0.25) is 0 Å². The summed E-state index contributed by atoms with van der Waals surface area (Å²) in [5, 5.41) is 23.2. The van der Waals surface area contributed by atoms with Crippen molar-refractivity contribution in [3.8, 4) is 11.1 Å². The van der Waals surface area contributed by atoms with Crippen LogP contribution in [0.5, 0.6) is 0 Å². The molecule has 4 heteroatoms. The van der Waals surface area contributed by atoms with Crippen molar-refractivity contribution in [3.63, 3.8) is 0 Å². The maximum Gasteiger partial charge on any atom is 0.0621 e. The smallest absolute Gasteiger partial charge is 0.0621 e. The topological polar surface area (TPSA) is 13.0 Å². The molecule has 107 heavy (non-hydrogen) atoms. The molecule has 1 aliphatic rings. The zero-order chi connectivity index (χ0) is 70.8. The van der Waals surface area contributed by atoms with E-state index < -0.39 is 5.41 Å². The van der Waals surface area contributed by atoms with Gasteiger partial charge in [0.2, 0.25) is 0 Å². The SMILES string of the molecule is CC1(C)c2cc(N(c3ccc4ccccc4c3)c3cccc4ccccc34)ccc2-c2cc3c(N(c4ccc5ccccc5c4)c4cccc5ccccc45)c4cc(N(c5ccc6ccccc6c5)c5cccc6ccccc56)ccc4c(N(c4ccc5ccccc5c4)c4cccc5ccccc45)c3cc21. The second-order valence-corrected chi connectivity index (χ2v) is 29.2. The zero-order valence-electron chi connectivity index (χ0n) is 59.2. The lowest BCUT2D eigenvalue weighted by Gasteiger charge is -2.35. The fourth-order valence-electron chi connectivity index (χ4n) is 17.7. The molecule has 21 rings (SSSR count). The Morgan fingerprint density at radius 2 is 0.439 bits per heavy atom. The first-order valence-electron chi connectivity index (χ1n) is 37.1. The summed E-state index contributed by atoms with van der Waals surface area (Å²) in [5.41, 5.74) is 17.4. The fourth-order valence-corrected chi connectivity index (χ4v) is 17.7. The number of benzene rings is 20. The van der Waals surface area contributed by atoms with Crippen molar-refractivity contribution >= 4 is 176 Å². The standard InChI is InChI=1S/C103H70N4/c1-103(2)95-64-84(105(80-52-48-68-24-4-8-32-76(68)60-80)98-44-20-36-72-28-12-16-40-86(72)98)55-57-89(95)91-65-93-94(66-96(91)103)101(106(81-53-49-69-25-5-9-33-77(69)61-81)99-45-21-37-73-29-13-17-41-87(73)99)90-58-56-83(104(79-51-47-67-23-3-7-31-75(67)59-79)97-43-19-35-71-27-11-15-39-85(71)97)63-92(90)102(93)107(82-54-50-70-26-6-10-34-78(70)62-82)100-46-22-38-74-30-14-18-42-88(74)100/h3-66H,1-2H3. The maximum atomic E-state index is 2.62. The van der Waals surface area contributed by atoms with Crippen LogP contribution in [-0.2, 0) is 5.41 Å². The third kappa shape index (κ3) is 10.1. The van der Waals surface area contributed by atoms with E-state index in [1.165, 1.54) is 70.7 Å². The Morgan fingerprint density at radius 1 is 0.168 bits per heavy atom. The van der Waals surface area contributed by atoms with Crippen molar-refractivity contribution in [1.82, 2.24) is 0 Å². The lowest BCUT2D eigenvalue weighted by molar-refractivity contribution is 0.661. The Morgan fingerprint density at radius 3 is 0.841 bits per heavy atom. The van der Waals surface area contributed by atoms with Gasteiger partial charge in [-0.1, -0.05) is 293 Å². The molecule has 0 aliphatic heterocycles. The van der Waals surface area contributed by atoms with Gasteiger partial charge in [-0.25, -0.2) is 0 Å². The van der Waals surface area contributed by atoms with Gasteiger partial charge in [-0.05, 0) is 196 Å². The molecule has 0 unspecified atom stereocenters. The summed E-state index contributed by atoms with van der Waals surface area (Å²) in [6, 6.07) is 146. The molecule has 0 atom stereocenters. The Kier molecular flexibility index (Phi) is 14.3. The number of anilines is 12. The predicted molar refractivity (Wildman–Crippen MR) is 458 cm³/mol. The highest BCUT2D eigenvalue weighted by molar-refractivity contribution is 6.27. The summed E-state index contributed by atoms with van der Waals surface area (Å²) in [5.74, 6) is 0. The quantitative estimate of drug-likeness (QED) is 0.0893. The van der Waals surface area contributed by atoms with E-state index in [-0.39, 0.29) is 0 Å². The molecule has 0 saturated heterocycles. The van der Waals surface area contributed by atoms with Crippen LogP contribution >= 0.6 is 0 Å². The van der Waals surface area contributed by atoms with Crippen molar-refractivity contribution in [2.24, 2.45) is 0 Å². The van der Waals surface area contributed by atoms with E-state index in [1.54, 1.807) is 0 Å². The molecular formula is C103H70N4. The highest BCUT2D eigenvalue weighted by Gasteiger charge is 2.39. The summed E-state index contributed by atoms with van der Waals surface area (Å²) < 4.78 is 0. The summed E-state index contributed by atoms with van der Waals surface area (Å²) >= 11 is 0. The lowest BCUT2D eigenvalue weighted by Crippen LogP contribution is -2.18. The van der Waals surface area contributed by atoms with Crippen molar-refractivity contribution in [1.29, 1.82) is 0 Å². The van der Waals surface area contributed by atoms with E-state index in [1.807, 2.05) is 0 Å². The van der Waals surface area contributed by atoms with Crippen LogP contribution in [0.1, 0.15) is 25.0 Å².